The first-order valence-corrected chi connectivity index (χ1v) is 12.6. The Balaban J connectivity index is 1.40. The molecule has 1 aromatic heterocycles. The molecule has 0 spiro atoms. The molecular weight excluding hydrogens is 497 g/mol. The molecule has 4 aromatic rings. The van der Waals surface area contributed by atoms with Gasteiger partial charge in [-0.3, -0.25) is 0 Å². The molecule has 5 rings (SSSR count). The number of aliphatic hydroxyl groups excluding tert-OH is 1. The third kappa shape index (κ3) is 5.49. The minimum Gasteiger partial charge on any atom is -0.392 e. The van der Waals surface area contributed by atoms with E-state index in [0.29, 0.717) is 24.7 Å². The first-order chi connectivity index (χ1) is 17.5. The van der Waals surface area contributed by atoms with Gasteiger partial charge in [0.25, 0.3) is 0 Å². The Kier molecular flexibility index (Phi) is 7.72. The zero-order valence-corrected chi connectivity index (χ0v) is 21.1. The van der Waals surface area contributed by atoms with Crippen LogP contribution in [-0.2, 0) is 29.2 Å². The maximum atomic E-state index is 9.41. The van der Waals surface area contributed by atoms with Gasteiger partial charge in [-0.15, -0.1) is 0 Å². The van der Waals surface area contributed by atoms with Gasteiger partial charge in [0.15, 0.2) is 11.4 Å². The van der Waals surface area contributed by atoms with Gasteiger partial charge < -0.3 is 24.9 Å². The maximum Gasteiger partial charge on any atom is 0.184 e. The molecule has 0 bridgehead atoms. The van der Waals surface area contributed by atoms with Crippen molar-refractivity contribution in [2.45, 2.75) is 44.6 Å². The molecule has 2 heterocycles. The average Bonchev–Trinajstić information content (AvgIpc) is 3.25. The SMILES string of the molecule is NCc1cccc(-c2ccc([C@@H]3O[C@H](Cn4cnc(Cl)c4Cl)C[C@H](c4ccc(CO)cc4)O3)cc2)c1. The highest BCUT2D eigenvalue weighted by atomic mass is 35.5. The molecule has 0 aliphatic carbocycles. The fourth-order valence-electron chi connectivity index (χ4n) is 4.43. The van der Waals surface area contributed by atoms with Crippen LogP contribution in [0.15, 0.2) is 79.1 Å². The molecule has 1 aliphatic rings. The van der Waals surface area contributed by atoms with Crippen molar-refractivity contribution in [1.82, 2.24) is 9.55 Å². The summed E-state index contributed by atoms with van der Waals surface area (Å²) in [6.45, 7) is 0.998. The number of rotatable bonds is 7. The van der Waals surface area contributed by atoms with Crippen LogP contribution in [-0.4, -0.2) is 20.8 Å². The molecule has 0 unspecified atom stereocenters. The highest BCUT2D eigenvalue weighted by Gasteiger charge is 2.32. The molecule has 3 aromatic carbocycles. The van der Waals surface area contributed by atoms with Crippen LogP contribution < -0.4 is 5.73 Å². The number of hydrogen-bond donors (Lipinski definition) is 2. The number of ether oxygens (including phenoxy) is 2. The van der Waals surface area contributed by atoms with E-state index in [9.17, 15) is 5.11 Å². The van der Waals surface area contributed by atoms with Crippen molar-refractivity contribution in [1.29, 1.82) is 0 Å². The van der Waals surface area contributed by atoms with Crippen molar-refractivity contribution in [2.24, 2.45) is 5.73 Å². The second kappa shape index (κ2) is 11.1. The van der Waals surface area contributed by atoms with Gasteiger partial charge in [0, 0.05) is 18.5 Å². The molecule has 3 N–H and O–H groups in total. The highest BCUT2D eigenvalue weighted by Crippen LogP contribution is 2.39. The van der Waals surface area contributed by atoms with Gasteiger partial charge in [-0.05, 0) is 33.9 Å². The van der Waals surface area contributed by atoms with E-state index >= 15 is 0 Å². The average molecular weight is 524 g/mol. The molecule has 36 heavy (non-hydrogen) atoms. The third-order valence-corrected chi connectivity index (χ3v) is 7.20. The van der Waals surface area contributed by atoms with E-state index in [0.717, 1.165) is 33.4 Å². The van der Waals surface area contributed by atoms with E-state index in [1.165, 1.54) is 0 Å². The Hall–Kier alpha value is -2.71. The second-order valence-electron chi connectivity index (χ2n) is 8.86. The van der Waals surface area contributed by atoms with Crippen molar-refractivity contribution in [3.05, 3.63) is 112 Å². The lowest BCUT2D eigenvalue weighted by atomic mass is 9.99. The first kappa shape index (κ1) is 25.0. The Bertz CT molecular complexity index is 1310. The van der Waals surface area contributed by atoms with Gasteiger partial charge in [-0.25, -0.2) is 4.98 Å². The molecule has 1 fully saturated rings. The number of hydrogen-bond acceptors (Lipinski definition) is 5. The summed E-state index contributed by atoms with van der Waals surface area (Å²) in [4.78, 5) is 4.08. The molecule has 0 amide bonds. The van der Waals surface area contributed by atoms with Gasteiger partial charge in [0.05, 0.1) is 31.7 Å². The minimum absolute atomic E-state index is 0.000585. The summed E-state index contributed by atoms with van der Waals surface area (Å²) in [5, 5.41) is 10.1. The van der Waals surface area contributed by atoms with Crippen LogP contribution in [0.3, 0.4) is 0 Å². The monoisotopic (exact) mass is 523 g/mol. The predicted octanol–water partition coefficient (Wildman–Crippen LogP) is 6.05. The largest absolute Gasteiger partial charge is 0.392 e. The van der Waals surface area contributed by atoms with Crippen molar-refractivity contribution in [2.75, 3.05) is 0 Å². The van der Waals surface area contributed by atoms with E-state index in [-0.39, 0.29) is 24.0 Å². The molecule has 1 saturated heterocycles. The van der Waals surface area contributed by atoms with Gasteiger partial charge in [0.1, 0.15) is 5.15 Å². The Morgan fingerprint density at radius 1 is 0.917 bits per heavy atom. The quantitative estimate of drug-likeness (QED) is 0.308. The summed E-state index contributed by atoms with van der Waals surface area (Å²) >= 11 is 12.4. The zero-order valence-electron chi connectivity index (χ0n) is 19.6. The Morgan fingerprint density at radius 2 is 1.67 bits per heavy atom. The van der Waals surface area contributed by atoms with E-state index in [4.69, 9.17) is 38.4 Å². The molecule has 0 radical (unpaired) electrons. The van der Waals surface area contributed by atoms with Crippen LogP contribution in [0.5, 0.6) is 0 Å². The van der Waals surface area contributed by atoms with Crippen LogP contribution in [0, 0.1) is 0 Å². The van der Waals surface area contributed by atoms with E-state index in [1.807, 2.05) is 48.5 Å². The van der Waals surface area contributed by atoms with Crippen molar-refractivity contribution < 1.29 is 14.6 Å². The number of halogens is 2. The molecule has 8 heteroatoms. The maximum absolute atomic E-state index is 9.41. The molecule has 6 nitrogen and oxygen atoms in total. The predicted molar refractivity (Wildman–Crippen MR) is 140 cm³/mol. The Labute approximate surface area is 220 Å². The number of nitrogens with zero attached hydrogens (tertiary/aromatic N) is 2. The lowest BCUT2D eigenvalue weighted by molar-refractivity contribution is -0.252. The van der Waals surface area contributed by atoms with Crippen LogP contribution >= 0.6 is 23.2 Å². The number of benzene rings is 3. The first-order valence-electron chi connectivity index (χ1n) is 11.8. The minimum atomic E-state index is -0.562. The smallest absolute Gasteiger partial charge is 0.184 e. The number of nitrogens with two attached hydrogens (primary N) is 1. The second-order valence-corrected chi connectivity index (χ2v) is 9.57. The topological polar surface area (TPSA) is 82.5 Å². The van der Waals surface area contributed by atoms with Gasteiger partial charge >= 0.3 is 0 Å². The summed E-state index contributed by atoms with van der Waals surface area (Å²) in [6, 6.07) is 24.2. The molecule has 1 aliphatic heterocycles. The Morgan fingerprint density at radius 3 is 2.33 bits per heavy atom. The van der Waals surface area contributed by atoms with E-state index in [1.54, 1.807) is 10.9 Å². The van der Waals surface area contributed by atoms with E-state index in [2.05, 4.69) is 29.2 Å². The number of aromatic nitrogens is 2. The van der Waals surface area contributed by atoms with Gasteiger partial charge in [0.2, 0.25) is 0 Å². The highest BCUT2D eigenvalue weighted by molar-refractivity contribution is 6.40. The van der Waals surface area contributed by atoms with Gasteiger partial charge in [-0.1, -0.05) is 89.9 Å². The zero-order chi connectivity index (χ0) is 25.1. The molecule has 0 saturated carbocycles. The van der Waals surface area contributed by atoms with Crippen LogP contribution in [0.1, 0.15) is 41.1 Å². The van der Waals surface area contributed by atoms with Crippen molar-refractivity contribution >= 4 is 23.2 Å². The standard InChI is InChI=1S/C28H27Cl2N3O3/c29-26-27(30)33(17-32-26)15-24-13-25(21-6-4-18(16-34)5-7-21)36-28(35-24)22-10-8-20(9-11-22)23-3-1-2-19(12-23)14-31/h1-12,17,24-25,28,34H,13-16,31H2/t24-,25+,28+/m0/s1. The molecular formula is C28H27Cl2N3O3. The van der Waals surface area contributed by atoms with Crippen LogP contribution in [0.25, 0.3) is 11.1 Å². The normalized spacial score (nSPS) is 19.9. The summed E-state index contributed by atoms with van der Waals surface area (Å²) in [7, 11) is 0. The summed E-state index contributed by atoms with van der Waals surface area (Å²) in [5.74, 6) is 0. The fraction of sp³-hybridized carbons (Fsp3) is 0.250. The fourth-order valence-corrected chi connectivity index (χ4v) is 4.75. The van der Waals surface area contributed by atoms with E-state index < -0.39 is 6.29 Å². The van der Waals surface area contributed by atoms with Crippen LogP contribution in [0.4, 0.5) is 0 Å². The van der Waals surface area contributed by atoms with Crippen molar-refractivity contribution in [3.8, 4) is 11.1 Å². The van der Waals surface area contributed by atoms with Crippen LogP contribution in [0.2, 0.25) is 10.3 Å². The number of imidazole rings is 1. The summed E-state index contributed by atoms with van der Waals surface area (Å²) in [5.41, 5.74) is 11.9. The summed E-state index contributed by atoms with van der Waals surface area (Å²) < 4.78 is 14.6. The summed E-state index contributed by atoms with van der Waals surface area (Å²) in [6.07, 6.45) is 1.31. The third-order valence-electron chi connectivity index (χ3n) is 6.43. The van der Waals surface area contributed by atoms with Gasteiger partial charge in [-0.2, -0.15) is 0 Å². The van der Waals surface area contributed by atoms with Crippen molar-refractivity contribution in [3.63, 3.8) is 0 Å². The number of aliphatic hydroxyl groups is 1. The lowest BCUT2D eigenvalue weighted by Crippen LogP contribution is -2.32. The lowest BCUT2D eigenvalue weighted by Gasteiger charge is -2.36. The molecule has 3 atom stereocenters. The molecule has 186 valence electrons.